The zero-order valence-electron chi connectivity index (χ0n) is 16.2. The van der Waals surface area contributed by atoms with Crippen LogP contribution in [0.1, 0.15) is 44.5 Å². The van der Waals surface area contributed by atoms with Crippen molar-refractivity contribution in [2.75, 3.05) is 20.2 Å². The standard InChI is InChI=1S/C19H29N3O4/c1-6-21-17(23)14-10-12(20)11-22(14)18(24)13-8-7-9-15(25-5)16(13)26-19(2,3)4/h7-9,12,14H,6,10-11,20H2,1-5H3,(H,21,23)/t12-,14+/m1/s1. The minimum Gasteiger partial charge on any atom is -0.493 e. The Bertz CT molecular complexity index is 669. The molecule has 0 aromatic heterocycles. The summed E-state index contributed by atoms with van der Waals surface area (Å²) in [5, 5.41) is 2.78. The Balaban J connectivity index is 2.40. The second-order valence-corrected chi connectivity index (χ2v) is 7.42. The van der Waals surface area contributed by atoms with Crippen molar-refractivity contribution < 1.29 is 19.1 Å². The molecule has 7 nitrogen and oxygen atoms in total. The van der Waals surface area contributed by atoms with Crippen molar-refractivity contribution >= 4 is 11.8 Å². The van der Waals surface area contributed by atoms with Crippen LogP contribution in [0.15, 0.2) is 18.2 Å². The highest BCUT2D eigenvalue weighted by atomic mass is 16.5. The molecule has 144 valence electrons. The number of benzene rings is 1. The fourth-order valence-corrected chi connectivity index (χ4v) is 3.04. The van der Waals surface area contributed by atoms with Crippen LogP contribution in [-0.4, -0.2) is 54.6 Å². The second-order valence-electron chi connectivity index (χ2n) is 7.42. The van der Waals surface area contributed by atoms with Gasteiger partial charge in [-0.1, -0.05) is 6.07 Å². The maximum atomic E-state index is 13.2. The van der Waals surface area contributed by atoms with E-state index in [1.807, 2.05) is 27.7 Å². The van der Waals surface area contributed by atoms with Crippen molar-refractivity contribution in [2.45, 2.75) is 51.8 Å². The van der Waals surface area contributed by atoms with Gasteiger partial charge in [-0.25, -0.2) is 0 Å². The molecule has 3 N–H and O–H groups in total. The second kappa shape index (κ2) is 7.95. The maximum Gasteiger partial charge on any atom is 0.258 e. The largest absolute Gasteiger partial charge is 0.493 e. The number of amides is 2. The van der Waals surface area contributed by atoms with Crippen LogP contribution >= 0.6 is 0 Å². The van der Waals surface area contributed by atoms with E-state index >= 15 is 0 Å². The predicted molar refractivity (Wildman–Crippen MR) is 99.5 cm³/mol. The summed E-state index contributed by atoms with van der Waals surface area (Å²) in [6, 6.07) is 4.35. The molecule has 0 unspecified atom stereocenters. The summed E-state index contributed by atoms with van der Waals surface area (Å²) >= 11 is 0. The van der Waals surface area contributed by atoms with Gasteiger partial charge in [-0.3, -0.25) is 9.59 Å². The average Bonchev–Trinajstić information content (AvgIpc) is 2.95. The number of rotatable bonds is 5. The van der Waals surface area contributed by atoms with Crippen molar-refractivity contribution in [3.05, 3.63) is 23.8 Å². The number of nitrogens with zero attached hydrogens (tertiary/aromatic N) is 1. The molecule has 0 radical (unpaired) electrons. The SMILES string of the molecule is CCNC(=O)[C@@H]1C[C@@H](N)CN1C(=O)c1cccc(OC)c1OC(C)(C)C. The van der Waals surface area contributed by atoms with E-state index in [0.29, 0.717) is 36.6 Å². The van der Waals surface area contributed by atoms with Crippen LogP contribution in [-0.2, 0) is 4.79 Å². The molecule has 1 aliphatic heterocycles. The van der Waals surface area contributed by atoms with Crippen LogP contribution in [0.25, 0.3) is 0 Å². The van der Waals surface area contributed by atoms with E-state index in [9.17, 15) is 9.59 Å². The molecule has 26 heavy (non-hydrogen) atoms. The van der Waals surface area contributed by atoms with E-state index < -0.39 is 11.6 Å². The zero-order chi connectivity index (χ0) is 19.5. The van der Waals surface area contributed by atoms with Crippen molar-refractivity contribution in [1.29, 1.82) is 0 Å². The van der Waals surface area contributed by atoms with Gasteiger partial charge in [0.05, 0.1) is 12.7 Å². The van der Waals surface area contributed by atoms with E-state index in [-0.39, 0.29) is 17.9 Å². The van der Waals surface area contributed by atoms with E-state index in [4.69, 9.17) is 15.2 Å². The van der Waals surface area contributed by atoms with E-state index in [0.717, 1.165) is 0 Å². The Kier molecular flexibility index (Phi) is 6.13. The van der Waals surface area contributed by atoms with Crippen LogP contribution in [0.3, 0.4) is 0 Å². The molecule has 1 fully saturated rings. The number of likely N-dealkylation sites (tertiary alicyclic amines) is 1. The van der Waals surface area contributed by atoms with Gasteiger partial charge < -0.3 is 25.4 Å². The van der Waals surface area contributed by atoms with Gasteiger partial charge in [-0.15, -0.1) is 0 Å². The monoisotopic (exact) mass is 363 g/mol. The maximum absolute atomic E-state index is 13.2. The summed E-state index contributed by atoms with van der Waals surface area (Å²) in [6.07, 6.45) is 0.441. The first-order chi connectivity index (χ1) is 12.2. The molecule has 2 atom stereocenters. The third-order valence-electron chi connectivity index (χ3n) is 4.09. The number of hydrogen-bond donors (Lipinski definition) is 2. The van der Waals surface area contributed by atoms with Crippen molar-refractivity contribution in [1.82, 2.24) is 10.2 Å². The van der Waals surface area contributed by atoms with Crippen molar-refractivity contribution in [3.8, 4) is 11.5 Å². The molecule has 1 saturated heterocycles. The highest BCUT2D eigenvalue weighted by molar-refractivity contribution is 6.00. The normalized spacial score (nSPS) is 20.0. The lowest BCUT2D eigenvalue weighted by atomic mass is 10.1. The molecule has 1 aliphatic rings. The summed E-state index contributed by atoms with van der Waals surface area (Å²) < 4.78 is 11.4. The minimum absolute atomic E-state index is 0.185. The highest BCUT2D eigenvalue weighted by Crippen LogP contribution is 2.35. The number of hydrogen-bond acceptors (Lipinski definition) is 5. The average molecular weight is 363 g/mol. The first kappa shape index (κ1) is 20.0. The lowest BCUT2D eigenvalue weighted by Gasteiger charge is -2.28. The van der Waals surface area contributed by atoms with Gasteiger partial charge in [0.25, 0.3) is 5.91 Å². The van der Waals surface area contributed by atoms with Gasteiger partial charge in [-0.2, -0.15) is 0 Å². The third-order valence-corrected chi connectivity index (χ3v) is 4.09. The van der Waals surface area contributed by atoms with Gasteiger partial charge >= 0.3 is 0 Å². The Morgan fingerprint density at radius 1 is 1.35 bits per heavy atom. The predicted octanol–water partition coefficient (Wildman–Crippen LogP) is 1.55. The lowest BCUT2D eigenvalue weighted by molar-refractivity contribution is -0.124. The molecule has 7 heteroatoms. The van der Waals surface area contributed by atoms with Crippen LogP contribution < -0.4 is 20.5 Å². The fourth-order valence-electron chi connectivity index (χ4n) is 3.04. The van der Waals surface area contributed by atoms with Crippen LogP contribution in [0.2, 0.25) is 0 Å². The highest BCUT2D eigenvalue weighted by Gasteiger charge is 2.39. The van der Waals surface area contributed by atoms with Crippen LogP contribution in [0.4, 0.5) is 0 Å². The van der Waals surface area contributed by atoms with Crippen molar-refractivity contribution in [2.24, 2.45) is 5.73 Å². The number of nitrogens with two attached hydrogens (primary N) is 1. The van der Waals surface area contributed by atoms with Gasteiger partial charge in [0.1, 0.15) is 11.6 Å². The quantitative estimate of drug-likeness (QED) is 0.828. The molecular formula is C19H29N3O4. The first-order valence-electron chi connectivity index (χ1n) is 8.88. The van der Waals surface area contributed by atoms with Crippen molar-refractivity contribution in [3.63, 3.8) is 0 Å². The summed E-state index contributed by atoms with van der Waals surface area (Å²) in [6.45, 7) is 8.37. The van der Waals surface area contributed by atoms with Gasteiger partial charge in [-0.05, 0) is 46.2 Å². The lowest BCUT2D eigenvalue weighted by Crippen LogP contribution is -2.46. The molecule has 1 aromatic rings. The van der Waals surface area contributed by atoms with Gasteiger partial charge in [0.2, 0.25) is 5.91 Å². The van der Waals surface area contributed by atoms with E-state index in [2.05, 4.69) is 5.32 Å². The van der Waals surface area contributed by atoms with Gasteiger partial charge in [0, 0.05) is 19.1 Å². The molecule has 2 amide bonds. The Hall–Kier alpha value is -2.28. The van der Waals surface area contributed by atoms with Crippen LogP contribution in [0.5, 0.6) is 11.5 Å². The molecular weight excluding hydrogens is 334 g/mol. The number of ether oxygens (including phenoxy) is 2. The zero-order valence-corrected chi connectivity index (χ0v) is 16.2. The number of carbonyl (C=O) groups is 2. The number of likely N-dealkylation sites (N-methyl/N-ethyl adjacent to an activating group) is 1. The number of carbonyl (C=O) groups excluding carboxylic acids is 2. The third kappa shape index (κ3) is 4.46. The molecule has 0 saturated carbocycles. The number of methoxy groups -OCH3 is 1. The topological polar surface area (TPSA) is 93.9 Å². The van der Waals surface area contributed by atoms with Gasteiger partial charge in [0.15, 0.2) is 11.5 Å². The Morgan fingerprint density at radius 2 is 2.04 bits per heavy atom. The fraction of sp³-hybridized carbons (Fsp3) is 0.579. The molecule has 2 rings (SSSR count). The minimum atomic E-state index is -0.578. The van der Waals surface area contributed by atoms with E-state index in [1.54, 1.807) is 18.2 Å². The molecule has 1 aromatic carbocycles. The van der Waals surface area contributed by atoms with Crippen LogP contribution in [0, 0.1) is 0 Å². The summed E-state index contributed by atoms with van der Waals surface area (Å²) in [7, 11) is 1.53. The Morgan fingerprint density at radius 3 is 2.62 bits per heavy atom. The Labute approximate surface area is 154 Å². The molecule has 0 spiro atoms. The number of para-hydroxylation sites is 1. The molecule has 0 bridgehead atoms. The first-order valence-corrected chi connectivity index (χ1v) is 8.88. The molecule has 0 aliphatic carbocycles. The molecule has 1 heterocycles. The summed E-state index contributed by atoms with van der Waals surface area (Å²) in [4.78, 5) is 27.1. The summed E-state index contributed by atoms with van der Waals surface area (Å²) in [5.74, 6) is 0.383. The van der Waals surface area contributed by atoms with E-state index in [1.165, 1.54) is 12.0 Å². The summed E-state index contributed by atoms with van der Waals surface area (Å²) in [5.41, 5.74) is 5.89. The smallest absolute Gasteiger partial charge is 0.258 e. The number of nitrogens with one attached hydrogen (secondary N) is 1.